The number of benzene rings is 2. The van der Waals surface area contributed by atoms with Crippen LogP contribution in [0.25, 0.3) is 11.0 Å². The molecule has 0 unspecified atom stereocenters. The molecule has 0 aliphatic rings. The average molecular weight is 418 g/mol. The SMILES string of the molecule is O=C(O)c1ccc2c(c1)nc(CCNC(=O)c1cccc(F)c1)n2Cc1ccncc1. The van der Waals surface area contributed by atoms with Crippen LogP contribution in [0.5, 0.6) is 0 Å². The minimum absolute atomic E-state index is 0.159. The van der Waals surface area contributed by atoms with E-state index in [1.165, 1.54) is 24.3 Å². The van der Waals surface area contributed by atoms with Gasteiger partial charge in [-0.15, -0.1) is 0 Å². The van der Waals surface area contributed by atoms with Crippen molar-refractivity contribution in [2.45, 2.75) is 13.0 Å². The summed E-state index contributed by atoms with van der Waals surface area (Å²) >= 11 is 0. The van der Waals surface area contributed by atoms with E-state index >= 15 is 0 Å². The number of hydrogen-bond donors (Lipinski definition) is 2. The first kappa shape index (κ1) is 20.2. The van der Waals surface area contributed by atoms with Crippen LogP contribution in [0.1, 0.15) is 32.1 Å². The van der Waals surface area contributed by atoms with E-state index < -0.39 is 11.8 Å². The number of halogens is 1. The molecule has 156 valence electrons. The summed E-state index contributed by atoms with van der Waals surface area (Å²) in [6.07, 6.45) is 3.83. The highest BCUT2D eigenvalue weighted by Crippen LogP contribution is 2.20. The van der Waals surface area contributed by atoms with E-state index in [4.69, 9.17) is 0 Å². The number of rotatable bonds is 7. The molecule has 0 saturated heterocycles. The van der Waals surface area contributed by atoms with Gasteiger partial charge in [-0.3, -0.25) is 9.78 Å². The summed E-state index contributed by atoms with van der Waals surface area (Å²) in [7, 11) is 0. The normalized spacial score (nSPS) is 10.9. The Morgan fingerprint density at radius 1 is 1.03 bits per heavy atom. The summed E-state index contributed by atoms with van der Waals surface area (Å²) in [5, 5.41) is 12.0. The lowest BCUT2D eigenvalue weighted by atomic mass is 10.2. The third kappa shape index (κ3) is 4.58. The monoisotopic (exact) mass is 418 g/mol. The van der Waals surface area contributed by atoms with Crippen molar-refractivity contribution >= 4 is 22.9 Å². The number of fused-ring (bicyclic) bond motifs is 1. The van der Waals surface area contributed by atoms with Crippen LogP contribution in [0.4, 0.5) is 4.39 Å². The molecule has 1 amide bonds. The van der Waals surface area contributed by atoms with Gasteiger partial charge in [-0.25, -0.2) is 14.2 Å². The Morgan fingerprint density at radius 2 is 1.84 bits per heavy atom. The van der Waals surface area contributed by atoms with Gasteiger partial charge in [0, 0.05) is 37.5 Å². The fourth-order valence-electron chi connectivity index (χ4n) is 3.37. The van der Waals surface area contributed by atoms with Crippen LogP contribution in [0.3, 0.4) is 0 Å². The van der Waals surface area contributed by atoms with E-state index in [0.29, 0.717) is 30.9 Å². The topological polar surface area (TPSA) is 97.1 Å². The fourth-order valence-corrected chi connectivity index (χ4v) is 3.37. The zero-order chi connectivity index (χ0) is 21.8. The van der Waals surface area contributed by atoms with Gasteiger partial charge in [0.1, 0.15) is 11.6 Å². The van der Waals surface area contributed by atoms with Crippen molar-refractivity contribution in [3.63, 3.8) is 0 Å². The number of hydrogen-bond acceptors (Lipinski definition) is 4. The predicted octanol–water partition coefficient (Wildman–Crippen LogP) is 3.29. The highest BCUT2D eigenvalue weighted by molar-refractivity contribution is 5.94. The number of aromatic carboxylic acids is 1. The predicted molar refractivity (Wildman–Crippen MR) is 112 cm³/mol. The van der Waals surface area contributed by atoms with Gasteiger partial charge in [0.25, 0.3) is 5.91 Å². The third-order valence-electron chi connectivity index (χ3n) is 4.89. The first-order valence-corrected chi connectivity index (χ1v) is 9.66. The first-order chi connectivity index (χ1) is 15.0. The molecular weight excluding hydrogens is 399 g/mol. The Bertz CT molecular complexity index is 1250. The number of pyridine rings is 1. The number of carboxylic acid groups (broad SMARTS) is 1. The molecule has 31 heavy (non-hydrogen) atoms. The van der Waals surface area contributed by atoms with E-state index in [0.717, 1.165) is 11.1 Å². The molecule has 0 spiro atoms. The van der Waals surface area contributed by atoms with Crippen molar-refractivity contribution in [2.75, 3.05) is 6.54 Å². The Labute approximate surface area is 177 Å². The van der Waals surface area contributed by atoms with Crippen LogP contribution in [-0.4, -0.2) is 38.1 Å². The molecule has 0 fully saturated rings. The van der Waals surface area contributed by atoms with Crippen molar-refractivity contribution in [2.24, 2.45) is 0 Å². The second-order valence-corrected chi connectivity index (χ2v) is 6.99. The second-order valence-electron chi connectivity index (χ2n) is 6.99. The molecule has 4 aromatic rings. The van der Waals surface area contributed by atoms with Crippen molar-refractivity contribution in [1.29, 1.82) is 0 Å². The third-order valence-corrected chi connectivity index (χ3v) is 4.89. The number of aromatic nitrogens is 3. The zero-order valence-corrected chi connectivity index (χ0v) is 16.5. The molecule has 0 saturated carbocycles. The standard InChI is InChI=1S/C23H19FN4O3/c24-18-3-1-2-16(12-18)22(29)26-11-8-21-27-19-13-17(23(30)31)4-5-20(19)28(21)14-15-6-9-25-10-7-15/h1-7,9-10,12-13H,8,11,14H2,(H,26,29)(H,30,31). The minimum Gasteiger partial charge on any atom is -0.478 e. The number of nitrogens with zero attached hydrogens (tertiary/aromatic N) is 3. The molecule has 0 radical (unpaired) electrons. The maximum Gasteiger partial charge on any atom is 0.335 e. The number of nitrogens with one attached hydrogen (secondary N) is 1. The van der Waals surface area contributed by atoms with E-state index in [1.807, 2.05) is 16.7 Å². The van der Waals surface area contributed by atoms with Gasteiger partial charge in [-0.2, -0.15) is 0 Å². The van der Waals surface area contributed by atoms with Crippen molar-refractivity contribution < 1.29 is 19.1 Å². The Morgan fingerprint density at radius 3 is 2.58 bits per heavy atom. The molecule has 0 bridgehead atoms. The molecule has 2 heterocycles. The lowest BCUT2D eigenvalue weighted by molar-refractivity contribution is 0.0696. The van der Waals surface area contributed by atoms with Crippen LogP contribution < -0.4 is 5.32 Å². The van der Waals surface area contributed by atoms with Crippen LogP contribution >= 0.6 is 0 Å². The Kier molecular flexibility index (Phi) is 5.70. The number of imidazole rings is 1. The summed E-state index contributed by atoms with van der Waals surface area (Å²) in [5.41, 5.74) is 2.79. The molecular formula is C23H19FN4O3. The number of carbonyl (C=O) groups excluding carboxylic acids is 1. The highest BCUT2D eigenvalue weighted by Gasteiger charge is 2.14. The first-order valence-electron chi connectivity index (χ1n) is 9.66. The maximum absolute atomic E-state index is 13.3. The zero-order valence-electron chi connectivity index (χ0n) is 16.5. The molecule has 8 heteroatoms. The van der Waals surface area contributed by atoms with Gasteiger partial charge < -0.3 is 15.0 Å². The Hall–Kier alpha value is -4.07. The van der Waals surface area contributed by atoms with Gasteiger partial charge in [0.05, 0.1) is 16.6 Å². The molecule has 4 rings (SSSR count). The number of amides is 1. The van der Waals surface area contributed by atoms with Gasteiger partial charge in [0.2, 0.25) is 0 Å². The molecule has 0 atom stereocenters. The quantitative estimate of drug-likeness (QED) is 0.480. The molecule has 2 aromatic heterocycles. The largest absolute Gasteiger partial charge is 0.478 e. The van der Waals surface area contributed by atoms with Crippen molar-refractivity contribution in [3.05, 3.63) is 95.3 Å². The molecule has 0 aliphatic carbocycles. The fraction of sp³-hybridized carbons (Fsp3) is 0.130. The number of carbonyl (C=O) groups is 2. The smallest absolute Gasteiger partial charge is 0.335 e. The Balaban J connectivity index is 1.58. The maximum atomic E-state index is 13.3. The van der Waals surface area contributed by atoms with E-state index in [2.05, 4.69) is 15.3 Å². The summed E-state index contributed by atoms with van der Waals surface area (Å²) in [6, 6.07) is 14.1. The van der Waals surface area contributed by atoms with Crippen LogP contribution in [0.2, 0.25) is 0 Å². The summed E-state index contributed by atoms with van der Waals surface area (Å²) in [5.74, 6) is -1.16. The molecule has 7 nitrogen and oxygen atoms in total. The van der Waals surface area contributed by atoms with Crippen molar-refractivity contribution in [3.8, 4) is 0 Å². The van der Waals surface area contributed by atoms with Crippen LogP contribution in [0, 0.1) is 5.82 Å². The van der Waals surface area contributed by atoms with Crippen LogP contribution in [0.15, 0.2) is 67.0 Å². The highest BCUT2D eigenvalue weighted by atomic mass is 19.1. The summed E-state index contributed by atoms with van der Waals surface area (Å²) in [4.78, 5) is 32.2. The average Bonchev–Trinajstić information content (AvgIpc) is 3.11. The molecule has 2 aromatic carbocycles. The lowest BCUT2D eigenvalue weighted by Crippen LogP contribution is -2.26. The van der Waals surface area contributed by atoms with Gasteiger partial charge in [-0.1, -0.05) is 6.07 Å². The van der Waals surface area contributed by atoms with E-state index in [-0.39, 0.29) is 17.0 Å². The van der Waals surface area contributed by atoms with E-state index in [1.54, 1.807) is 30.6 Å². The number of carboxylic acids is 1. The molecule has 2 N–H and O–H groups in total. The van der Waals surface area contributed by atoms with Gasteiger partial charge in [0.15, 0.2) is 0 Å². The van der Waals surface area contributed by atoms with Gasteiger partial charge in [-0.05, 0) is 54.1 Å². The lowest BCUT2D eigenvalue weighted by Gasteiger charge is -2.10. The van der Waals surface area contributed by atoms with Gasteiger partial charge >= 0.3 is 5.97 Å². The van der Waals surface area contributed by atoms with Crippen molar-refractivity contribution in [1.82, 2.24) is 19.9 Å². The molecule has 0 aliphatic heterocycles. The summed E-state index contributed by atoms with van der Waals surface area (Å²) in [6.45, 7) is 0.819. The summed E-state index contributed by atoms with van der Waals surface area (Å²) < 4.78 is 15.3. The minimum atomic E-state index is -1.02. The second kappa shape index (κ2) is 8.74. The van der Waals surface area contributed by atoms with E-state index in [9.17, 15) is 19.1 Å². The van der Waals surface area contributed by atoms with Crippen LogP contribution in [-0.2, 0) is 13.0 Å².